The Morgan fingerprint density at radius 3 is 1.47 bits per heavy atom. The van der Waals surface area contributed by atoms with Crippen LogP contribution in [0, 0.1) is 0 Å². The molecule has 92 valence electrons. The van der Waals surface area contributed by atoms with Crippen LogP contribution in [0.25, 0.3) is 0 Å². The zero-order valence-electron chi connectivity index (χ0n) is 11.0. The molecule has 0 spiro atoms. The Hall–Kier alpha value is 0.427. The van der Waals surface area contributed by atoms with E-state index in [0.717, 1.165) is 32.6 Å². The van der Waals surface area contributed by atoms with Gasteiger partial charge in [-0.15, -0.1) is 0 Å². The molecule has 0 heterocycles. The van der Waals surface area contributed by atoms with Crippen LogP contribution in [0.1, 0.15) is 34.1 Å². The summed E-state index contributed by atoms with van der Waals surface area (Å²) in [6, 6.07) is 1.26. The highest BCUT2D eigenvalue weighted by atomic mass is 35.5. The number of hydrogen-bond acceptors (Lipinski definition) is 2. The Kier molecular flexibility index (Phi) is 7.88. The molecule has 0 aromatic carbocycles. The van der Waals surface area contributed by atoms with E-state index in [9.17, 15) is 0 Å². The van der Waals surface area contributed by atoms with Crippen molar-refractivity contribution in [3.05, 3.63) is 0 Å². The molecule has 0 radical (unpaired) electrons. The SMILES string of the molecule is CCN(CC)C(Cl)(CC[SiH3])N(CC)CC. The van der Waals surface area contributed by atoms with E-state index in [-0.39, 0.29) is 5.12 Å². The van der Waals surface area contributed by atoms with Gasteiger partial charge in [0.2, 0.25) is 0 Å². The van der Waals surface area contributed by atoms with Gasteiger partial charge in [0, 0.05) is 10.2 Å². The average molecular weight is 251 g/mol. The van der Waals surface area contributed by atoms with Crippen LogP contribution in [0.5, 0.6) is 0 Å². The molecule has 2 nitrogen and oxygen atoms in total. The molecular weight excluding hydrogens is 224 g/mol. The summed E-state index contributed by atoms with van der Waals surface area (Å²) in [7, 11) is 1.23. The highest BCUT2D eigenvalue weighted by molar-refractivity contribution is 6.23. The molecule has 0 aliphatic heterocycles. The monoisotopic (exact) mass is 250 g/mol. The first kappa shape index (κ1) is 15.4. The van der Waals surface area contributed by atoms with E-state index >= 15 is 0 Å². The van der Waals surface area contributed by atoms with E-state index in [0.29, 0.717) is 0 Å². The van der Waals surface area contributed by atoms with Gasteiger partial charge in [0.25, 0.3) is 0 Å². The number of alkyl halides is 1. The average Bonchev–Trinajstić information content (AvgIpc) is 2.21. The predicted octanol–water partition coefficient (Wildman–Crippen LogP) is 1.74. The number of nitrogens with zero attached hydrogens (tertiary/aromatic N) is 2. The summed E-state index contributed by atoms with van der Waals surface area (Å²) in [6.07, 6.45) is 1.09. The van der Waals surface area contributed by atoms with Crippen LogP contribution < -0.4 is 0 Å². The van der Waals surface area contributed by atoms with Crippen molar-refractivity contribution in [3.8, 4) is 0 Å². The van der Waals surface area contributed by atoms with Crippen molar-refractivity contribution in [1.82, 2.24) is 9.80 Å². The molecule has 0 amide bonds. The third-order valence-electron chi connectivity index (χ3n) is 3.06. The zero-order chi connectivity index (χ0) is 11.9. The maximum atomic E-state index is 6.85. The molecule has 0 aliphatic carbocycles. The standard InChI is InChI=1S/C11H27ClN2Si/c1-5-13(6-2)11(12,9-10-15)14(7-3)8-4/h5-10H2,1-4,15H3. The van der Waals surface area contributed by atoms with Gasteiger partial charge in [-0.25, -0.2) is 0 Å². The van der Waals surface area contributed by atoms with Gasteiger partial charge in [-0.1, -0.05) is 45.3 Å². The van der Waals surface area contributed by atoms with Crippen molar-refractivity contribution in [2.24, 2.45) is 0 Å². The van der Waals surface area contributed by atoms with Crippen molar-refractivity contribution in [3.63, 3.8) is 0 Å². The van der Waals surface area contributed by atoms with Gasteiger partial charge in [-0.3, -0.25) is 9.80 Å². The van der Waals surface area contributed by atoms with Crippen LogP contribution in [-0.2, 0) is 0 Å². The van der Waals surface area contributed by atoms with Crippen molar-refractivity contribution in [1.29, 1.82) is 0 Å². The lowest BCUT2D eigenvalue weighted by atomic mass is 10.2. The molecule has 0 fully saturated rings. The molecule has 0 unspecified atom stereocenters. The van der Waals surface area contributed by atoms with E-state index in [1.165, 1.54) is 16.3 Å². The van der Waals surface area contributed by atoms with Crippen LogP contribution in [0.2, 0.25) is 6.04 Å². The van der Waals surface area contributed by atoms with Crippen LogP contribution in [0.3, 0.4) is 0 Å². The highest BCUT2D eigenvalue weighted by Crippen LogP contribution is 2.30. The van der Waals surface area contributed by atoms with Crippen LogP contribution >= 0.6 is 11.6 Å². The van der Waals surface area contributed by atoms with Gasteiger partial charge in [0.1, 0.15) is 0 Å². The summed E-state index contributed by atoms with van der Waals surface area (Å²) in [5, 5.41) is -0.241. The van der Waals surface area contributed by atoms with Crippen molar-refractivity contribution in [2.75, 3.05) is 26.2 Å². The lowest BCUT2D eigenvalue weighted by molar-refractivity contribution is 0.0162. The minimum absolute atomic E-state index is 0.241. The van der Waals surface area contributed by atoms with Gasteiger partial charge in [-0.05, 0) is 32.6 Å². The molecule has 0 bridgehead atoms. The molecule has 0 rings (SSSR count). The summed E-state index contributed by atoms with van der Waals surface area (Å²) >= 11 is 6.85. The van der Waals surface area contributed by atoms with E-state index in [1.54, 1.807) is 0 Å². The first-order valence-corrected chi connectivity index (χ1v) is 8.08. The summed E-state index contributed by atoms with van der Waals surface area (Å²) in [5.41, 5.74) is 0. The van der Waals surface area contributed by atoms with Gasteiger partial charge < -0.3 is 0 Å². The van der Waals surface area contributed by atoms with Gasteiger partial charge in [0.05, 0.1) is 0 Å². The molecule has 15 heavy (non-hydrogen) atoms. The van der Waals surface area contributed by atoms with E-state index in [1.807, 2.05) is 0 Å². The highest BCUT2D eigenvalue weighted by Gasteiger charge is 2.36. The molecule has 0 saturated carbocycles. The van der Waals surface area contributed by atoms with Gasteiger partial charge in [-0.2, -0.15) is 0 Å². The zero-order valence-corrected chi connectivity index (χ0v) is 13.8. The second-order valence-corrected chi connectivity index (χ2v) is 5.42. The molecule has 4 heteroatoms. The minimum atomic E-state index is -0.241. The first-order valence-electron chi connectivity index (χ1n) is 6.29. The Labute approximate surface area is 103 Å². The van der Waals surface area contributed by atoms with Crippen molar-refractivity contribution in [2.45, 2.75) is 45.3 Å². The van der Waals surface area contributed by atoms with E-state index in [4.69, 9.17) is 11.6 Å². The van der Waals surface area contributed by atoms with E-state index < -0.39 is 0 Å². The van der Waals surface area contributed by atoms with Crippen LogP contribution in [0.15, 0.2) is 0 Å². The smallest absolute Gasteiger partial charge is 0.151 e. The third-order valence-corrected chi connectivity index (χ3v) is 4.23. The normalized spacial score (nSPS) is 13.0. The number of rotatable bonds is 8. The summed E-state index contributed by atoms with van der Waals surface area (Å²) in [5.74, 6) is 0. The fourth-order valence-electron chi connectivity index (χ4n) is 2.25. The second kappa shape index (κ2) is 7.66. The lowest BCUT2D eigenvalue weighted by Crippen LogP contribution is -2.56. The van der Waals surface area contributed by atoms with Crippen molar-refractivity contribution >= 4 is 21.8 Å². The second-order valence-electron chi connectivity index (χ2n) is 3.81. The van der Waals surface area contributed by atoms with Gasteiger partial charge >= 0.3 is 0 Å². The topological polar surface area (TPSA) is 6.48 Å². The Morgan fingerprint density at radius 2 is 1.27 bits per heavy atom. The third kappa shape index (κ3) is 3.73. The largest absolute Gasteiger partial charge is 0.273 e. The molecule has 0 aromatic heterocycles. The summed E-state index contributed by atoms with van der Waals surface area (Å²) < 4.78 is 0. The maximum Gasteiger partial charge on any atom is 0.151 e. The summed E-state index contributed by atoms with van der Waals surface area (Å²) in [4.78, 5) is 4.75. The fraction of sp³-hybridized carbons (Fsp3) is 1.00. The molecule has 0 saturated heterocycles. The van der Waals surface area contributed by atoms with E-state index in [2.05, 4.69) is 37.5 Å². The number of halogens is 1. The van der Waals surface area contributed by atoms with Crippen molar-refractivity contribution < 1.29 is 0 Å². The Bertz CT molecular complexity index is 147. The van der Waals surface area contributed by atoms with Gasteiger partial charge in [0.15, 0.2) is 5.12 Å². The molecule has 0 atom stereocenters. The summed E-state index contributed by atoms with van der Waals surface area (Å²) in [6.45, 7) is 12.9. The number of hydrogen-bond donors (Lipinski definition) is 0. The molecule has 0 aromatic rings. The maximum absolute atomic E-state index is 6.85. The molecule has 0 aliphatic rings. The Morgan fingerprint density at radius 1 is 0.933 bits per heavy atom. The van der Waals surface area contributed by atoms with Crippen LogP contribution in [-0.4, -0.2) is 51.3 Å². The quantitative estimate of drug-likeness (QED) is 0.280. The Balaban J connectivity index is 4.82. The first-order chi connectivity index (χ1) is 7.10. The lowest BCUT2D eigenvalue weighted by Gasteiger charge is -2.45. The minimum Gasteiger partial charge on any atom is -0.273 e. The molecule has 0 N–H and O–H groups in total. The predicted molar refractivity (Wildman–Crippen MR) is 73.8 cm³/mol. The molecular formula is C11H27ClN2Si. The fourth-order valence-corrected chi connectivity index (χ4v) is 3.93. The van der Waals surface area contributed by atoms with Crippen LogP contribution in [0.4, 0.5) is 0 Å².